The van der Waals surface area contributed by atoms with Crippen molar-refractivity contribution in [1.29, 1.82) is 0 Å². The van der Waals surface area contributed by atoms with Crippen LogP contribution in [0, 0.1) is 0 Å². The molecule has 7 heteroatoms. The number of carboxylic acid groups (broad SMARTS) is 2. The molecule has 1 aromatic carbocycles. The lowest BCUT2D eigenvalue weighted by Gasteiger charge is -2.19. The summed E-state index contributed by atoms with van der Waals surface area (Å²) in [7, 11) is 0. The molecule has 1 unspecified atom stereocenters. The van der Waals surface area contributed by atoms with Crippen molar-refractivity contribution in [3.8, 4) is 0 Å². The lowest BCUT2D eigenvalue weighted by molar-refractivity contribution is -0.142. The molecule has 5 nitrogen and oxygen atoms in total. The number of thiazole rings is 1. The van der Waals surface area contributed by atoms with Gasteiger partial charge < -0.3 is 10.2 Å². The number of carbonyl (C=O) groups is 2. The van der Waals surface area contributed by atoms with Crippen LogP contribution in [-0.2, 0) is 15.0 Å². The maximum absolute atomic E-state index is 11.2. The van der Waals surface area contributed by atoms with Gasteiger partial charge >= 0.3 is 11.9 Å². The third-order valence-electron chi connectivity index (χ3n) is 3.08. The molecule has 0 saturated heterocycles. The Kier molecular flexibility index (Phi) is 4.77. The Hall–Kier alpha value is -1.60. The first-order chi connectivity index (χ1) is 10.2. The first-order valence-corrected chi connectivity index (χ1v) is 8.39. The lowest BCUT2D eigenvalue weighted by atomic mass is 9.87. The van der Waals surface area contributed by atoms with E-state index in [0.717, 1.165) is 27.5 Å². The molecule has 2 aromatic rings. The van der Waals surface area contributed by atoms with E-state index in [1.54, 1.807) is 0 Å². The molecule has 0 aliphatic rings. The van der Waals surface area contributed by atoms with Gasteiger partial charge in [-0.25, -0.2) is 4.98 Å². The predicted molar refractivity (Wildman–Crippen MR) is 87.9 cm³/mol. The molecule has 0 aliphatic heterocycles. The molecule has 0 bridgehead atoms. The summed E-state index contributed by atoms with van der Waals surface area (Å²) in [6, 6.07) is 5.86. The third kappa shape index (κ3) is 3.78. The smallest absolute Gasteiger partial charge is 0.317 e. The van der Waals surface area contributed by atoms with Gasteiger partial charge in [-0.15, -0.1) is 11.3 Å². The molecule has 0 spiro atoms. The van der Waals surface area contributed by atoms with E-state index in [1.807, 2.05) is 18.2 Å². The summed E-state index contributed by atoms with van der Waals surface area (Å²) in [5.74, 6) is -2.26. The molecule has 2 rings (SSSR count). The molecule has 118 valence electrons. The van der Waals surface area contributed by atoms with Crippen LogP contribution in [0.5, 0.6) is 0 Å². The monoisotopic (exact) mass is 339 g/mol. The van der Waals surface area contributed by atoms with E-state index in [4.69, 9.17) is 10.2 Å². The highest BCUT2D eigenvalue weighted by molar-refractivity contribution is 8.02. The molecule has 22 heavy (non-hydrogen) atoms. The molecule has 0 radical (unpaired) electrons. The number of aromatic nitrogens is 1. The van der Waals surface area contributed by atoms with Crippen LogP contribution in [-0.4, -0.2) is 32.4 Å². The van der Waals surface area contributed by atoms with Crippen molar-refractivity contribution >= 4 is 45.3 Å². The van der Waals surface area contributed by atoms with E-state index in [1.165, 1.54) is 11.3 Å². The molecule has 1 atom stereocenters. The van der Waals surface area contributed by atoms with Crippen molar-refractivity contribution in [2.24, 2.45) is 0 Å². The van der Waals surface area contributed by atoms with Gasteiger partial charge in [0.15, 0.2) is 4.34 Å². The second kappa shape index (κ2) is 6.26. The Morgan fingerprint density at radius 2 is 2.00 bits per heavy atom. The summed E-state index contributed by atoms with van der Waals surface area (Å²) in [6.07, 6.45) is -0.429. The maximum Gasteiger partial charge on any atom is 0.317 e. The van der Waals surface area contributed by atoms with Gasteiger partial charge in [0.25, 0.3) is 0 Å². The van der Waals surface area contributed by atoms with Crippen LogP contribution in [0.2, 0.25) is 0 Å². The molecule has 0 aliphatic carbocycles. The highest BCUT2D eigenvalue weighted by atomic mass is 32.2. The normalized spacial score (nSPS) is 13.2. The summed E-state index contributed by atoms with van der Waals surface area (Å²) in [5.41, 5.74) is 1.93. The maximum atomic E-state index is 11.2. The Bertz CT molecular complexity index is 718. The minimum absolute atomic E-state index is 0.0404. The number of hydrogen-bond acceptors (Lipinski definition) is 5. The zero-order valence-electron chi connectivity index (χ0n) is 12.5. The Morgan fingerprint density at radius 3 is 2.55 bits per heavy atom. The average molecular weight is 339 g/mol. The van der Waals surface area contributed by atoms with Crippen molar-refractivity contribution in [2.45, 2.75) is 42.2 Å². The van der Waals surface area contributed by atoms with Gasteiger partial charge in [-0.2, -0.15) is 0 Å². The number of hydrogen-bond donors (Lipinski definition) is 2. The summed E-state index contributed by atoms with van der Waals surface area (Å²) in [6.45, 7) is 6.33. The van der Waals surface area contributed by atoms with E-state index in [9.17, 15) is 9.59 Å². The van der Waals surface area contributed by atoms with Crippen LogP contribution in [0.3, 0.4) is 0 Å². The first-order valence-electron chi connectivity index (χ1n) is 6.70. The van der Waals surface area contributed by atoms with Gasteiger partial charge in [-0.1, -0.05) is 44.7 Å². The lowest BCUT2D eigenvalue weighted by Crippen LogP contribution is -2.20. The molecular weight excluding hydrogens is 322 g/mol. The summed E-state index contributed by atoms with van der Waals surface area (Å²) in [4.78, 5) is 26.4. The van der Waals surface area contributed by atoms with E-state index in [-0.39, 0.29) is 5.41 Å². The zero-order valence-corrected chi connectivity index (χ0v) is 14.1. The predicted octanol–water partition coefficient (Wildman–Crippen LogP) is 3.61. The second-order valence-electron chi connectivity index (χ2n) is 5.93. The highest BCUT2D eigenvalue weighted by Gasteiger charge is 2.25. The topological polar surface area (TPSA) is 87.5 Å². The Labute approximate surface area is 136 Å². The summed E-state index contributed by atoms with van der Waals surface area (Å²) < 4.78 is 1.61. The number of rotatable bonds is 5. The first kappa shape index (κ1) is 16.8. The molecule has 1 heterocycles. The standard InChI is InChI=1S/C15H17NO4S2/c1-15(2,3)8-5-4-6-9-12(8)22-14(16-9)21-10(13(19)20)7-11(17)18/h4-6,10H,7H2,1-3H3,(H,17,18)(H,19,20). The van der Waals surface area contributed by atoms with Crippen LogP contribution in [0.1, 0.15) is 32.8 Å². The molecule has 2 N–H and O–H groups in total. The van der Waals surface area contributed by atoms with Gasteiger partial charge in [0.2, 0.25) is 0 Å². The van der Waals surface area contributed by atoms with Crippen LogP contribution in [0.4, 0.5) is 0 Å². The van der Waals surface area contributed by atoms with Crippen molar-refractivity contribution in [3.63, 3.8) is 0 Å². The van der Waals surface area contributed by atoms with E-state index in [0.29, 0.717) is 4.34 Å². The fourth-order valence-electron chi connectivity index (χ4n) is 2.03. The van der Waals surface area contributed by atoms with Gasteiger partial charge in [-0.05, 0) is 17.0 Å². The molecule has 0 amide bonds. The zero-order chi connectivity index (χ0) is 16.5. The van der Waals surface area contributed by atoms with Gasteiger partial charge in [-0.3, -0.25) is 9.59 Å². The molecular formula is C15H17NO4S2. The number of nitrogens with zero attached hydrogens (tertiary/aromatic N) is 1. The number of fused-ring (bicyclic) bond motifs is 1. The number of aliphatic carboxylic acids is 2. The van der Waals surface area contributed by atoms with Gasteiger partial charge in [0, 0.05) is 0 Å². The minimum Gasteiger partial charge on any atom is -0.481 e. The number of benzene rings is 1. The second-order valence-corrected chi connectivity index (χ2v) is 8.38. The van der Waals surface area contributed by atoms with E-state index < -0.39 is 23.6 Å². The fourth-order valence-corrected chi connectivity index (χ4v) is 4.56. The van der Waals surface area contributed by atoms with E-state index >= 15 is 0 Å². The average Bonchev–Trinajstić information content (AvgIpc) is 2.77. The molecule has 0 saturated carbocycles. The van der Waals surface area contributed by atoms with Crippen LogP contribution >= 0.6 is 23.1 Å². The quantitative estimate of drug-likeness (QED) is 0.809. The third-order valence-corrected chi connectivity index (χ3v) is 5.47. The van der Waals surface area contributed by atoms with Gasteiger partial charge in [0.1, 0.15) is 5.25 Å². The minimum atomic E-state index is -1.14. The largest absolute Gasteiger partial charge is 0.481 e. The van der Waals surface area contributed by atoms with Crippen LogP contribution in [0.15, 0.2) is 22.5 Å². The summed E-state index contributed by atoms with van der Waals surface area (Å²) in [5, 5.41) is 16.9. The fraction of sp³-hybridized carbons (Fsp3) is 0.400. The van der Waals surface area contributed by atoms with Crippen LogP contribution < -0.4 is 0 Å². The van der Waals surface area contributed by atoms with Crippen molar-refractivity contribution in [1.82, 2.24) is 4.98 Å². The van der Waals surface area contributed by atoms with Crippen molar-refractivity contribution in [3.05, 3.63) is 23.8 Å². The van der Waals surface area contributed by atoms with Crippen molar-refractivity contribution < 1.29 is 19.8 Å². The van der Waals surface area contributed by atoms with Crippen LogP contribution in [0.25, 0.3) is 10.2 Å². The van der Waals surface area contributed by atoms with E-state index in [2.05, 4.69) is 25.8 Å². The summed E-state index contributed by atoms with van der Waals surface area (Å²) >= 11 is 2.42. The molecule has 1 aromatic heterocycles. The Balaban J connectivity index is 2.37. The number of carboxylic acids is 2. The Morgan fingerprint density at radius 1 is 1.32 bits per heavy atom. The van der Waals surface area contributed by atoms with Crippen molar-refractivity contribution in [2.75, 3.05) is 0 Å². The molecule has 0 fully saturated rings. The van der Waals surface area contributed by atoms with Gasteiger partial charge in [0.05, 0.1) is 16.6 Å². The number of thioether (sulfide) groups is 1. The SMILES string of the molecule is CC(C)(C)c1cccc2nc(SC(CC(=O)O)C(=O)O)sc12. The highest BCUT2D eigenvalue weighted by Crippen LogP contribution is 2.38.